The lowest BCUT2D eigenvalue weighted by molar-refractivity contribution is -0.395. The van der Waals surface area contributed by atoms with Crippen LogP contribution in [0.3, 0.4) is 0 Å². The van der Waals surface area contributed by atoms with E-state index < -0.39 is 54.8 Å². The van der Waals surface area contributed by atoms with Gasteiger partial charge >= 0.3 is 0 Å². The van der Waals surface area contributed by atoms with Crippen LogP contribution in [0.1, 0.15) is 51.4 Å². The molecule has 0 N–H and O–H groups in total. The van der Waals surface area contributed by atoms with Crippen molar-refractivity contribution in [1.29, 1.82) is 42.1 Å². The Balaban J connectivity index is 2.74. The molecule has 0 aromatic carbocycles. The Morgan fingerprint density at radius 3 is 1.33 bits per heavy atom. The van der Waals surface area contributed by atoms with Crippen LogP contribution in [0.25, 0.3) is 0 Å². The predicted octanol–water partition coefficient (Wildman–Crippen LogP) is 2.11. The van der Waals surface area contributed by atoms with Gasteiger partial charge in [-0.15, -0.1) is 0 Å². The average Bonchev–Trinajstić information content (AvgIpc) is 3.46. The maximum absolute atomic E-state index is 9.37. The molecule has 19 heteroatoms. The fraction of sp³-hybridized carbons (Fsp3) is 0.778. The molecule has 2 aliphatic rings. The summed E-state index contributed by atoms with van der Waals surface area (Å²) in [5.41, 5.74) is 0. The molecule has 9 atom stereocenters. The number of ether oxygens (including phenoxy) is 11. The van der Waals surface area contributed by atoms with Gasteiger partial charge in [0.15, 0.2) is 6.29 Å². The number of nitrogens with zero attached hydrogens (tertiary/aromatic N) is 8. The summed E-state index contributed by atoms with van der Waals surface area (Å²) in [6.07, 6.45) is -8.57. The van der Waals surface area contributed by atoms with Gasteiger partial charge in [-0.2, -0.15) is 42.1 Å². The lowest BCUT2D eigenvalue weighted by Crippen LogP contribution is -2.65. The Kier molecular flexibility index (Phi) is 24.5. The molecule has 0 aliphatic carbocycles. The van der Waals surface area contributed by atoms with Crippen molar-refractivity contribution in [2.45, 2.75) is 106 Å². The van der Waals surface area contributed by atoms with E-state index in [2.05, 4.69) is 0 Å². The van der Waals surface area contributed by atoms with Crippen molar-refractivity contribution < 1.29 is 52.1 Å². The number of rotatable bonds is 29. The maximum atomic E-state index is 9.37. The van der Waals surface area contributed by atoms with Gasteiger partial charge in [-0.05, 0) is 0 Å². The molecule has 55 heavy (non-hydrogen) atoms. The molecule has 296 valence electrons. The van der Waals surface area contributed by atoms with E-state index in [0.29, 0.717) is 0 Å². The molecule has 0 unspecified atom stereocenters. The van der Waals surface area contributed by atoms with E-state index in [1.807, 2.05) is 48.6 Å². The van der Waals surface area contributed by atoms with E-state index in [0.717, 1.165) is 0 Å². The van der Waals surface area contributed by atoms with Gasteiger partial charge in [0, 0.05) is 0 Å². The van der Waals surface area contributed by atoms with Crippen molar-refractivity contribution in [2.75, 3.05) is 72.7 Å². The predicted molar refractivity (Wildman–Crippen MR) is 180 cm³/mol. The normalized spacial score (nSPS) is 26.9. The first-order chi connectivity index (χ1) is 27.0. The molecule has 19 nitrogen and oxygen atoms in total. The van der Waals surface area contributed by atoms with Crippen LogP contribution in [0.2, 0.25) is 0 Å². The highest BCUT2D eigenvalue weighted by Gasteiger charge is 2.61. The van der Waals surface area contributed by atoms with Gasteiger partial charge in [-0.3, -0.25) is 0 Å². The highest BCUT2D eigenvalue weighted by molar-refractivity contribution is 5.02. The van der Waals surface area contributed by atoms with Crippen molar-refractivity contribution in [3.63, 3.8) is 0 Å². The largest absolute Gasteiger partial charge is 0.378 e. The van der Waals surface area contributed by atoms with Crippen LogP contribution < -0.4 is 0 Å². The van der Waals surface area contributed by atoms with Crippen LogP contribution in [0.15, 0.2) is 0 Å². The summed E-state index contributed by atoms with van der Waals surface area (Å²) in [5.74, 6) is -1.94. The molecule has 2 heterocycles. The second-order valence-corrected chi connectivity index (χ2v) is 11.7. The summed E-state index contributed by atoms with van der Waals surface area (Å²) in [6.45, 7) is -0.905. The molecule has 0 radical (unpaired) electrons. The third-order valence-electron chi connectivity index (χ3n) is 7.91. The minimum Gasteiger partial charge on any atom is -0.378 e. The Labute approximate surface area is 321 Å². The fourth-order valence-corrected chi connectivity index (χ4v) is 5.66. The van der Waals surface area contributed by atoms with Crippen LogP contribution in [-0.2, 0) is 52.1 Å². The molecule has 0 bridgehead atoms. The van der Waals surface area contributed by atoms with Crippen LogP contribution in [0.4, 0.5) is 0 Å². The zero-order chi connectivity index (χ0) is 40.0. The molecule has 0 aromatic heterocycles. The highest BCUT2D eigenvalue weighted by Crippen LogP contribution is 2.41. The van der Waals surface area contributed by atoms with Crippen LogP contribution in [-0.4, -0.2) is 127 Å². The van der Waals surface area contributed by atoms with Crippen molar-refractivity contribution >= 4 is 0 Å². The topological polar surface area (TPSA) is 292 Å². The van der Waals surface area contributed by atoms with E-state index >= 15 is 0 Å². The Morgan fingerprint density at radius 2 is 0.818 bits per heavy atom. The van der Waals surface area contributed by atoms with Gasteiger partial charge in [0.1, 0.15) is 49.3 Å². The van der Waals surface area contributed by atoms with Gasteiger partial charge in [0.25, 0.3) is 0 Å². The quantitative estimate of drug-likeness (QED) is 0.0984. The SMILES string of the molecule is N#CCCOC[C@H]1O[C@@](COCCC#N)(O[C@H]2O[C@H](COCCC#N)[C@@H](OCCC#N)[C@H](OCCC#N)[C@H]2OCCC#N)[C@@H](OCCC#N)[C@@H]1OCCC#N. The summed E-state index contributed by atoms with van der Waals surface area (Å²) in [6, 6.07) is 16.1. The van der Waals surface area contributed by atoms with Crippen LogP contribution in [0, 0.1) is 90.6 Å². The van der Waals surface area contributed by atoms with Crippen LogP contribution in [0.5, 0.6) is 0 Å². The van der Waals surface area contributed by atoms with Gasteiger partial charge < -0.3 is 52.1 Å². The molecule has 2 fully saturated rings. The molecular weight excluding hydrogens is 720 g/mol. The van der Waals surface area contributed by atoms with E-state index in [9.17, 15) is 31.6 Å². The van der Waals surface area contributed by atoms with E-state index in [1.165, 1.54) is 0 Å². The summed E-state index contributed by atoms with van der Waals surface area (Å²) in [5, 5.41) is 73.9. The second kappa shape index (κ2) is 28.9. The standard InChI is InChI=1S/C36H46N8O11/c37-9-1-17-45-25-28-30(48-20-4-12-40)32(50-22-6-14-42)33(51-23-7-15-43)35(53-28)55-36(27-47-19-3-11-39)34(52-24-8-16-44)31(49-21-5-13-41)29(54-36)26-46-18-2-10-38/h28-35H,1-8,17-27H2/t28-,29-,30-,31-,32+,33-,34+,35-,36+/m1/s1. The van der Waals surface area contributed by atoms with Gasteiger partial charge in [-0.1, -0.05) is 0 Å². The van der Waals surface area contributed by atoms with E-state index in [1.54, 1.807) is 0 Å². The fourth-order valence-electron chi connectivity index (χ4n) is 5.66. The minimum absolute atomic E-state index is 0.00810. The summed E-state index contributed by atoms with van der Waals surface area (Å²) in [4.78, 5) is 0. The third-order valence-corrected chi connectivity index (χ3v) is 7.91. The Hall–Kier alpha value is -4.52. The highest BCUT2D eigenvalue weighted by atomic mass is 16.8. The minimum atomic E-state index is -1.94. The summed E-state index contributed by atoms with van der Waals surface area (Å²) >= 11 is 0. The lowest BCUT2D eigenvalue weighted by Gasteiger charge is -2.48. The summed E-state index contributed by atoms with van der Waals surface area (Å²) < 4.78 is 68.3. The second-order valence-electron chi connectivity index (χ2n) is 11.7. The monoisotopic (exact) mass is 766 g/mol. The van der Waals surface area contributed by atoms with Crippen molar-refractivity contribution in [3.8, 4) is 48.6 Å². The molecule has 2 saturated heterocycles. The Bertz CT molecular complexity index is 1450. The van der Waals surface area contributed by atoms with Crippen LogP contribution >= 0.6 is 0 Å². The molecular formula is C36H46N8O11. The third kappa shape index (κ3) is 16.0. The molecule has 0 aromatic rings. The van der Waals surface area contributed by atoms with Gasteiger partial charge in [0.05, 0.1) is 166 Å². The number of hydrogen-bond acceptors (Lipinski definition) is 19. The lowest BCUT2D eigenvalue weighted by atomic mass is 9.97. The zero-order valence-corrected chi connectivity index (χ0v) is 30.6. The molecule has 2 aliphatic heterocycles. The van der Waals surface area contributed by atoms with Crippen molar-refractivity contribution in [3.05, 3.63) is 0 Å². The zero-order valence-electron chi connectivity index (χ0n) is 30.6. The molecule has 0 saturated carbocycles. The van der Waals surface area contributed by atoms with E-state index in [4.69, 9.17) is 62.6 Å². The molecule has 2 rings (SSSR count). The first kappa shape index (κ1) is 46.6. The molecule has 0 amide bonds. The van der Waals surface area contributed by atoms with Crippen molar-refractivity contribution in [2.24, 2.45) is 0 Å². The van der Waals surface area contributed by atoms with Gasteiger partial charge in [-0.25, -0.2) is 0 Å². The average molecular weight is 767 g/mol. The first-order valence-corrected chi connectivity index (χ1v) is 17.8. The Morgan fingerprint density at radius 1 is 0.418 bits per heavy atom. The first-order valence-electron chi connectivity index (χ1n) is 17.8. The van der Waals surface area contributed by atoms with E-state index in [-0.39, 0.29) is 124 Å². The summed E-state index contributed by atoms with van der Waals surface area (Å²) in [7, 11) is 0. The number of nitriles is 8. The van der Waals surface area contributed by atoms with Gasteiger partial charge in [0.2, 0.25) is 5.79 Å². The maximum Gasteiger partial charge on any atom is 0.224 e. The van der Waals surface area contributed by atoms with Crippen molar-refractivity contribution in [1.82, 2.24) is 0 Å². The number of hydrogen-bond donors (Lipinski definition) is 0. The molecule has 0 spiro atoms. The smallest absolute Gasteiger partial charge is 0.224 e.